The summed E-state index contributed by atoms with van der Waals surface area (Å²) in [6.45, 7) is 4.51. The molecule has 2 aromatic rings. The molecule has 0 atom stereocenters. The van der Waals surface area contributed by atoms with Crippen LogP contribution >= 0.6 is 0 Å². The second-order valence-corrected chi connectivity index (χ2v) is 14.1. The van der Waals surface area contributed by atoms with Gasteiger partial charge in [0.1, 0.15) is 11.4 Å². The zero-order chi connectivity index (χ0) is 31.1. The van der Waals surface area contributed by atoms with Gasteiger partial charge in [0.15, 0.2) is 11.6 Å². The Labute approximate surface area is 261 Å². The van der Waals surface area contributed by atoms with Crippen molar-refractivity contribution in [1.29, 1.82) is 0 Å². The highest BCUT2D eigenvalue weighted by molar-refractivity contribution is 7.89. The number of likely N-dealkylation sites (tertiary alicyclic amines) is 1. The molecule has 3 fully saturated rings. The third kappa shape index (κ3) is 8.14. The number of aromatic nitrogens is 2. The minimum absolute atomic E-state index is 0.153. The molecule has 1 aromatic heterocycles. The summed E-state index contributed by atoms with van der Waals surface area (Å²) in [4.78, 5) is 13.6. The Bertz CT molecular complexity index is 1340. The lowest BCUT2D eigenvalue weighted by atomic mass is 9.95. The van der Waals surface area contributed by atoms with Gasteiger partial charge in [-0.1, -0.05) is 19.3 Å². The first-order chi connectivity index (χ1) is 21.3. The van der Waals surface area contributed by atoms with E-state index in [0.717, 1.165) is 51.0 Å². The number of aliphatic hydroxyl groups is 1. The summed E-state index contributed by atoms with van der Waals surface area (Å²) in [7, 11) is 0.121. The van der Waals surface area contributed by atoms with E-state index in [-0.39, 0.29) is 11.9 Å². The average Bonchev–Trinajstić information content (AvgIpc) is 3.03. The molecule has 0 amide bonds. The number of hydrogen-bond donors (Lipinski definition) is 5. The summed E-state index contributed by atoms with van der Waals surface area (Å²) < 4.78 is 33.4. The summed E-state index contributed by atoms with van der Waals surface area (Å²) in [5.74, 6) is 2.20. The molecule has 44 heavy (non-hydrogen) atoms. The van der Waals surface area contributed by atoms with E-state index in [9.17, 15) is 13.5 Å². The maximum absolute atomic E-state index is 13.0. The van der Waals surface area contributed by atoms with Crippen molar-refractivity contribution in [1.82, 2.24) is 19.2 Å². The van der Waals surface area contributed by atoms with Crippen LogP contribution < -0.4 is 31.3 Å². The lowest BCUT2D eigenvalue weighted by Gasteiger charge is -2.36. The van der Waals surface area contributed by atoms with Gasteiger partial charge >= 0.3 is 0 Å². The fraction of sp³-hybridized carbons (Fsp3) is 0.667. The quantitative estimate of drug-likeness (QED) is 0.233. The maximum Gasteiger partial charge on any atom is 0.231 e. The predicted molar refractivity (Wildman–Crippen MR) is 177 cm³/mol. The molecule has 0 radical (unpaired) electrons. The number of nitrogens with two attached hydrogens (primary N) is 1. The predicted octanol–water partition coefficient (Wildman–Crippen LogP) is 2.90. The van der Waals surface area contributed by atoms with Gasteiger partial charge in [0, 0.05) is 64.1 Å². The molecule has 0 bridgehead atoms. The zero-order valence-corrected chi connectivity index (χ0v) is 26.9. The third-order valence-electron chi connectivity index (χ3n) is 9.00. The Morgan fingerprint density at radius 1 is 1.02 bits per heavy atom. The van der Waals surface area contributed by atoms with Gasteiger partial charge < -0.3 is 41.3 Å². The van der Waals surface area contributed by atoms with Crippen LogP contribution in [0, 0.1) is 0 Å². The van der Waals surface area contributed by atoms with E-state index in [4.69, 9.17) is 15.5 Å². The van der Waals surface area contributed by atoms with Gasteiger partial charge in [-0.25, -0.2) is 8.42 Å². The van der Waals surface area contributed by atoms with E-state index < -0.39 is 10.0 Å². The topological polar surface area (TPSA) is 161 Å². The van der Waals surface area contributed by atoms with E-state index >= 15 is 0 Å². The molecule has 1 aliphatic carbocycles. The lowest BCUT2D eigenvalue weighted by Crippen LogP contribution is -2.49. The molecular formula is C30H49N9O4S. The van der Waals surface area contributed by atoms with E-state index in [0.29, 0.717) is 73.4 Å². The van der Waals surface area contributed by atoms with Crippen molar-refractivity contribution in [3.8, 4) is 5.75 Å². The molecule has 2 aliphatic heterocycles. The number of rotatable bonds is 12. The van der Waals surface area contributed by atoms with Crippen LogP contribution in [0.5, 0.6) is 5.75 Å². The van der Waals surface area contributed by atoms with Gasteiger partial charge in [-0.2, -0.15) is 14.3 Å². The monoisotopic (exact) mass is 631 g/mol. The van der Waals surface area contributed by atoms with E-state index in [1.54, 1.807) is 11.4 Å². The Morgan fingerprint density at radius 2 is 1.75 bits per heavy atom. The Hall–Kier alpha value is -3.07. The summed E-state index contributed by atoms with van der Waals surface area (Å²) in [5.41, 5.74) is 8.66. The maximum atomic E-state index is 13.0. The lowest BCUT2D eigenvalue weighted by molar-refractivity contribution is 0.0827. The Balaban J connectivity index is 1.18. The number of aliphatic hydroxyl groups excluding tert-OH is 1. The fourth-order valence-corrected chi connectivity index (χ4v) is 7.86. The molecule has 0 unspecified atom stereocenters. The average molecular weight is 632 g/mol. The minimum Gasteiger partial charge on any atom is -0.494 e. The first kappa shape index (κ1) is 32.3. The van der Waals surface area contributed by atoms with Gasteiger partial charge in [-0.3, -0.25) is 0 Å². The van der Waals surface area contributed by atoms with E-state index in [2.05, 4.69) is 30.7 Å². The highest BCUT2D eigenvalue weighted by Gasteiger charge is 2.28. The van der Waals surface area contributed by atoms with Crippen LogP contribution in [0.4, 0.5) is 34.6 Å². The first-order valence-corrected chi connectivity index (χ1v) is 17.6. The van der Waals surface area contributed by atoms with Crippen LogP contribution in [-0.2, 0) is 10.0 Å². The molecule has 14 heteroatoms. The standard InChI is InChI=1S/C30H49N9O4S/c1-32-27-28(31)35-30(36-29(27)33-22-7-4-3-5-8-22)34-25-10-9-23(21-26(25)43-2)38-16-18-39(19-17-38)44(41,42)20-6-13-37-14-11-24(40)12-15-37/h9-10,21-22,24,32,40H,3-8,11-20H2,1-2H3,(H4,31,33,34,35,36). The van der Waals surface area contributed by atoms with Gasteiger partial charge in [-0.05, 0) is 50.8 Å². The summed E-state index contributed by atoms with van der Waals surface area (Å²) in [6, 6.07) is 6.24. The Kier molecular flexibility index (Phi) is 10.9. The summed E-state index contributed by atoms with van der Waals surface area (Å²) >= 11 is 0. The third-order valence-corrected chi connectivity index (χ3v) is 11.0. The van der Waals surface area contributed by atoms with Gasteiger partial charge in [0.05, 0.1) is 24.7 Å². The number of nitrogens with one attached hydrogen (secondary N) is 3. The number of nitrogen functional groups attached to an aromatic ring is 1. The summed E-state index contributed by atoms with van der Waals surface area (Å²) in [5, 5.41) is 19.6. The van der Waals surface area contributed by atoms with Crippen LogP contribution in [0.3, 0.4) is 0 Å². The highest BCUT2D eigenvalue weighted by Crippen LogP contribution is 2.34. The van der Waals surface area contributed by atoms with Crippen LogP contribution in [-0.4, -0.2) is 111 Å². The molecule has 1 saturated carbocycles. The summed E-state index contributed by atoms with van der Waals surface area (Å²) in [6.07, 6.45) is 7.82. The van der Waals surface area contributed by atoms with Crippen LogP contribution in [0.25, 0.3) is 0 Å². The second-order valence-electron chi connectivity index (χ2n) is 12.0. The van der Waals surface area contributed by atoms with Crippen molar-refractivity contribution in [2.24, 2.45) is 0 Å². The van der Waals surface area contributed by atoms with Crippen LogP contribution in [0.1, 0.15) is 51.4 Å². The van der Waals surface area contributed by atoms with Gasteiger partial charge in [0.25, 0.3) is 0 Å². The number of piperazine rings is 1. The van der Waals surface area contributed by atoms with Gasteiger partial charge in [0.2, 0.25) is 16.0 Å². The SMILES string of the molecule is CNc1c(N)nc(Nc2ccc(N3CCN(S(=O)(=O)CCCN4CCC(O)CC4)CC3)cc2OC)nc1NC1CCCCC1. The number of hydrogen-bond acceptors (Lipinski definition) is 12. The molecule has 0 spiro atoms. The molecule has 3 aliphatic rings. The smallest absolute Gasteiger partial charge is 0.231 e. The van der Waals surface area contributed by atoms with Crippen LogP contribution in [0.2, 0.25) is 0 Å². The normalized spacial score (nSPS) is 19.6. The van der Waals surface area contributed by atoms with Crippen molar-refractivity contribution in [3.63, 3.8) is 0 Å². The molecular weight excluding hydrogens is 582 g/mol. The molecule has 13 nitrogen and oxygen atoms in total. The number of nitrogens with zero attached hydrogens (tertiary/aromatic N) is 5. The first-order valence-electron chi connectivity index (χ1n) is 16.0. The minimum atomic E-state index is -3.31. The number of benzene rings is 1. The molecule has 5 rings (SSSR count). The second kappa shape index (κ2) is 14.8. The molecule has 3 heterocycles. The number of sulfonamides is 1. The molecule has 244 valence electrons. The molecule has 1 aromatic carbocycles. The number of piperidine rings is 1. The van der Waals surface area contributed by atoms with Crippen molar-refractivity contribution < 1.29 is 18.3 Å². The van der Waals surface area contributed by atoms with Crippen molar-refractivity contribution in [2.75, 3.05) is 92.3 Å². The Morgan fingerprint density at radius 3 is 2.43 bits per heavy atom. The van der Waals surface area contributed by atoms with Crippen molar-refractivity contribution in [2.45, 2.75) is 63.5 Å². The number of anilines is 6. The van der Waals surface area contributed by atoms with E-state index in [1.807, 2.05) is 25.2 Å². The zero-order valence-electron chi connectivity index (χ0n) is 26.1. The molecule has 6 N–H and O–H groups in total. The highest BCUT2D eigenvalue weighted by atomic mass is 32.2. The van der Waals surface area contributed by atoms with E-state index in [1.165, 1.54) is 19.3 Å². The molecule has 2 saturated heterocycles. The largest absolute Gasteiger partial charge is 0.494 e. The fourth-order valence-electron chi connectivity index (χ4n) is 6.39. The van der Waals surface area contributed by atoms with Crippen LogP contribution in [0.15, 0.2) is 18.2 Å². The number of methoxy groups -OCH3 is 1. The van der Waals surface area contributed by atoms with Crippen molar-refractivity contribution in [3.05, 3.63) is 18.2 Å². The van der Waals surface area contributed by atoms with Crippen molar-refractivity contribution >= 4 is 44.7 Å². The number of ether oxygens (including phenoxy) is 1. The van der Waals surface area contributed by atoms with Gasteiger partial charge in [-0.15, -0.1) is 0 Å².